The van der Waals surface area contributed by atoms with E-state index in [-0.39, 0.29) is 11.8 Å². The lowest BCUT2D eigenvalue weighted by molar-refractivity contribution is -0.120. The van der Waals surface area contributed by atoms with Crippen LogP contribution in [0.25, 0.3) is 28.0 Å². The molecule has 30 heavy (non-hydrogen) atoms. The normalized spacial score (nSPS) is 11.2. The molecule has 0 unspecified atom stereocenters. The van der Waals surface area contributed by atoms with Crippen LogP contribution in [-0.4, -0.2) is 15.3 Å². The molecule has 0 aliphatic heterocycles. The highest BCUT2D eigenvalue weighted by Crippen LogP contribution is 2.27. The maximum atomic E-state index is 12.6. The van der Waals surface area contributed by atoms with Crippen LogP contribution in [0.3, 0.4) is 0 Å². The Morgan fingerprint density at radius 3 is 2.23 bits per heavy atom. The zero-order chi connectivity index (χ0) is 21.1. The lowest BCUT2D eigenvalue weighted by atomic mass is 10.0. The molecule has 2 aromatic carbocycles. The smallest absolute Gasteiger partial charge is 0.227 e. The molecule has 4 heteroatoms. The van der Waals surface area contributed by atoms with Crippen molar-refractivity contribution < 1.29 is 4.79 Å². The van der Waals surface area contributed by atoms with Gasteiger partial charge in [0.1, 0.15) is 0 Å². The summed E-state index contributed by atoms with van der Waals surface area (Å²) in [7, 11) is 0. The van der Waals surface area contributed by atoms with Gasteiger partial charge in [0.05, 0.1) is 11.4 Å². The van der Waals surface area contributed by atoms with Crippen molar-refractivity contribution in [3.05, 3.63) is 78.6 Å². The molecule has 4 nitrogen and oxygen atoms in total. The number of carbonyl (C=O) groups is 1. The molecular weight excluding hydrogens is 370 g/mol. The van der Waals surface area contributed by atoms with Crippen molar-refractivity contribution in [2.24, 2.45) is 5.92 Å². The van der Waals surface area contributed by atoms with E-state index in [0.717, 1.165) is 41.0 Å². The topological polar surface area (TPSA) is 46.4 Å². The van der Waals surface area contributed by atoms with E-state index in [0.29, 0.717) is 0 Å². The van der Waals surface area contributed by atoms with E-state index in [1.165, 1.54) is 11.1 Å². The Balaban J connectivity index is 1.67. The number of pyridine rings is 1. The summed E-state index contributed by atoms with van der Waals surface area (Å²) in [6.45, 7) is 6.12. The first-order valence-electron chi connectivity index (χ1n) is 10.5. The zero-order valence-electron chi connectivity index (χ0n) is 17.7. The summed E-state index contributed by atoms with van der Waals surface area (Å²) in [5, 5.41) is 3.10. The number of amides is 1. The molecule has 0 atom stereocenters. The molecule has 2 aromatic heterocycles. The van der Waals surface area contributed by atoms with Crippen molar-refractivity contribution in [3.8, 4) is 22.4 Å². The molecule has 0 radical (unpaired) electrons. The van der Waals surface area contributed by atoms with E-state index < -0.39 is 0 Å². The molecule has 0 aliphatic carbocycles. The summed E-state index contributed by atoms with van der Waals surface area (Å²) in [4.78, 5) is 17.5. The largest absolute Gasteiger partial charge is 0.323 e. The Morgan fingerprint density at radius 1 is 0.933 bits per heavy atom. The molecule has 2 heterocycles. The highest BCUT2D eigenvalue weighted by molar-refractivity contribution is 5.96. The molecule has 0 bridgehead atoms. The molecule has 4 rings (SSSR count). The molecule has 0 saturated heterocycles. The van der Waals surface area contributed by atoms with Crippen molar-refractivity contribution in [3.63, 3.8) is 0 Å². The number of rotatable bonds is 6. The first kappa shape index (κ1) is 19.9. The summed E-state index contributed by atoms with van der Waals surface area (Å²) >= 11 is 0. The number of fused-ring (bicyclic) bond motifs is 1. The highest BCUT2D eigenvalue weighted by atomic mass is 16.1. The van der Waals surface area contributed by atoms with E-state index in [9.17, 15) is 4.79 Å². The van der Waals surface area contributed by atoms with Crippen LogP contribution in [0.1, 0.15) is 32.3 Å². The van der Waals surface area contributed by atoms with Gasteiger partial charge in [-0.2, -0.15) is 0 Å². The van der Waals surface area contributed by atoms with Crippen molar-refractivity contribution in [2.75, 3.05) is 5.32 Å². The quantitative estimate of drug-likeness (QED) is 0.412. The summed E-state index contributed by atoms with van der Waals surface area (Å²) < 4.78 is 2.00. The van der Waals surface area contributed by atoms with Crippen molar-refractivity contribution in [1.82, 2.24) is 9.38 Å². The third-order valence-corrected chi connectivity index (χ3v) is 5.59. The lowest BCUT2D eigenvalue weighted by Gasteiger charge is -2.13. The monoisotopic (exact) mass is 397 g/mol. The first-order chi connectivity index (χ1) is 14.6. The average Bonchev–Trinajstić information content (AvgIpc) is 3.19. The molecule has 1 amide bonds. The predicted octanol–water partition coefficient (Wildman–Crippen LogP) is 6.35. The number of nitrogens with one attached hydrogen (secondary N) is 1. The number of benzene rings is 2. The van der Waals surface area contributed by atoms with E-state index in [1.54, 1.807) is 0 Å². The Hall–Kier alpha value is -3.40. The van der Waals surface area contributed by atoms with Crippen molar-refractivity contribution >= 4 is 17.2 Å². The summed E-state index contributed by atoms with van der Waals surface area (Å²) in [6, 6.07) is 20.8. The van der Waals surface area contributed by atoms with Gasteiger partial charge in [-0.15, -0.1) is 0 Å². The van der Waals surface area contributed by atoms with Gasteiger partial charge in [0.2, 0.25) is 5.91 Å². The number of aryl methyl sites for hydroxylation is 1. The van der Waals surface area contributed by atoms with Gasteiger partial charge in [-0.05, 0) is 42.5 Å². The van der Waals surface area contributed by atoms with Crippen molar-refractivity contribution in [1.29, 1.82) is 0 Å². The van der Waals surface area contributed by atoms with Gasteiger partial charge < -0.3 is 9.72 Å². The average molecular weight is 398 g/mol. The lowest BCUT2D eigenvalue weighted by Crippen LogP contribution is -2.22. The van der Waals surface area contributed by atoms with E-state index in [1.807, 2.05) is 61.8 Å². The predicted molar refractivity (Wildman–Crippen MR) is 124 cm³/mol. The maximum Gasteiger partial charge on any atom is 0.227 e. The molecule has 0 spiro atoms. The maximum absolute atomic E-state index is 12.6. The second kappa shape index (κ2) is 8.54. The summed E-state index contributed by atoms with van der Waals surface area (Å²) in [5.41, 5.74) is 6.91. The number of hydrogen-bond acceptors (Lipinski definition) is 2. The second-order valence-corrected chi connectivity index (χ2v) is 7.73. The molecule has 0 fully saturated rings. The van der Waals surface area contributed by atoms with Gasteiger partial charge >= 0.3 is 0 Å². The summed E-state index contributed by atoms with van der Waals surface area (Å²) in [6.07, 6.45) is 5.72. The number of hydrogen-bond donors (Lipinski definition) is 1. The number of aromatic nitrogens is 2. The Labute approximate surface area is 177 Å². The number of imidazole rings is 1. The Morgan fingerprint density at radius 2 is 1.57 bits per heavy atom. The van der Waals surface area contributed by atoms with E-state index in [4.69, 9.17) is 4.98 Å². The SMILES string of the molecule is CCC(CC)C(=O)Nc1cc(C)cn2cc(-c3ccc(-c4ccccc4)cc3)nc12. The molecule has 152 valence electrons. The molecule has 0 saturated carbocycles. The van der Waals surface area contributed by atoms with Gasteiger partial charge in [0.15, 0.2) is 5.65 Å². The van der Waals surface area contributed by atoms with Gasteiger partial charge in [-0.25, -0.2) is 4.98 Å². The number of carbonyl (C=O) groups excluding carboxylic acids is 1. The van der Waals surface area contributed by atoms with E-state index in [2.05, 4.69) is 41.7 Å². The summed E-state index contributed by atoms with van der Waals surface area (Å²) in [5.74, 6) is 0.0785. The molecule has 0 aliphatic rings. The van der Waals surface area contributed by atoms with Crippen molar-refractivity contribution in [2.45, 2.75) is 33.6 Å². The van der Waals surface area contributed by atoms with Crippen LogP contribution in [0.4, 0.5) is 5.69 Å². The van der Waals surface area contributed by atoms with Gasteiger partial charge in [0.25, 0.3) is 0 Å². The van der Waals surface area contributed by atoms with Crippen LogP contribution in [0, 0.1) is 12.8 Å². The third kappa shape index (κ3) is 3.99. The number of nitrogens with zero attached hydrogens (tertiary/aromatic N) is 2. The van der Waals surface area contributed by atoms with Crippen LogP contribution in [0.2, 0.25) is 0 Å². The second-order valence-electron chi connectivity index (χ2n) is 7.73. The highest BCUT2D eigenvalue weighted by Gasteiger charge is 2.17. The van der Waals surface area contributed by atoms with Crippen LogP contribution in [0.15, 0.2) is 73.1 Å². The fraction of sp³-hybridized carbons (Fsp3) is 0.231. The minimum absolute atomic E-state index is 0.0190. The van der Waals surface area contributed by atoms with Crippen LogP contribution >= 0.6 is 0 Å². The fourth-order valence-corrected chi connectivity index (χ4v) is 3.83. The Kier molecular flexibility index (Phi) is 5.66. The van der Waals surface area contributed by atoms with Crippen LogP contribution in [-0.2, 0) is 4.79 Å². The van der Waals surface area contributed by atoms with Gasteiger partial charge in [0, 0.05) is 23.9 Å². The first-order valence-corrected chi connectivity index (χ1v) is 10.5. The van der Waals surface area contributed by atoms with E-state index >= 15 is 0 Å². The fourth-order valence-electron chi connectivity index (χ4n) is 3.83. The Bertz CT molecular complexity index is 1160. The minimum Gasteiger partial charge on any atom is -0.323 e. The number of anilines is 1. The third-order valence-electron chi connectivity index (χ3n) is 5.59. The van der Waals surface area contributed by atoms with Crippen LogP contribution < -0.4 is 5.32 Å². The minimum atomic E-state index is 0.0190. The zero-order valence-corrected chi connectivity index (χ0v) is 17.7. The molecule has 1 N–H and O–H groups in total. The standard InChI is InChI=1S/C26H27N3O/c1-4-19(5-2)26(30)28-23-15-18(3)16-29-17-24(27-25(23)29)22-13-11-21(12-14-22)20-9-7-6-8-10-20/h6-17,19H,4-5H2,1-3H3,(H,28,30). The van der Waals surface area contributed by atoms with Gasteiger partial charge in [-0.1, -0.05) is 68.4 Å². The molecular formula is C26H27N3O. The van der Waals surface area contributed by atoms with Crippen LogP contribution in [0.5, 0.6) is 0 Å². The van der Waals surface area contributed by atoms with Gasteiger partial charge in [-0.3, -0.25) is 4.79 Å². The molecule has 4 aromatic rings.